The molecule has 19 heavy (non-hydrogen) atoms. The van der Waals surface area contributed by atoms with Crippen LogP contribution in [-0.4, -0.2) is 5.91 Å². The molecule has 3 N–H and O–H groups in total. The van der Waals surface area contributed by atoms with Gasteiger partial charge in [0, 0.05) is 16.4 Å². The number of anilines is 2. The summed E-state index contributed by atoms with van der Waals surface area (Å²) in [6.07, 6.45) is 0.249. The molecule has 0 radical (unpaired) electrons. The van der Waals surface area contributed by atoms with Gasteiger partial charge in [-0.25, -0.2) is 0 Å². The molecule has 0 atom stereocenters. The predicted molar refractivity (Wildman–Crippen MR) is 79.4 cm³/mol. The second kappa shape index (κ2) is 5.76. The van der Waals surface area contributed by atoms with Crippen LogP contribution in [0.3, 0.4) is 0 Å². The number of hydrogen-bond acceptors (Lipinski definition) is 2. The molecule has 1 amide bonds. The lowest BCUT2D eigenvalue weighted by Gasteiger charge is -2.10. The van der Waals surface area contributed by atoms with Crippen LogP contribution >= 0.6 is 11.6 Å². The van der Waals surface area contributed by atoms with Gasteiger partial charge in [-0.1, -0.05) is 35.9 Å². The van der Waals surface area contributed by atoms with Crippen molar-refractivity contribution in [3.63, 3.8) is 0 Å². The van der Waals surface area contributed by atoms with Crippen LogP contribution in [0.2, 0.25) is 5.02 Å². The first kappa shape index (κ1) is 13.4. The van der Waals surface area contributed by atoms with Crippen molar-refractivity contribution in [2.75, 3.05) is 11.1 Å². The number of nitrogen functional groups attached to an aromatic ring is 1. The van der Waals surface area contributed by atoms with E-state index >= 15 is 0 Å². The third kappa shape index (κ3) is 3.26. The molecule has 0 spiro atoms. The summed E-state index contributed by atoms with van der Waals surface area (Å²) < 4.78 is 0. The largest absolute Gasteiger partial charge is 0.398 e. The van der Waals surface area contributed by atoms with Crippen LogP contribution in [0, 0.1) is 6.92 Å². The van der Waals surface area contributed by atoms with Gasteiger partial charge in [0.25, 0.3) is 0 Å². The number of nitrogens with two attached hydrogens (primary N) is 1. The fourth-order valence-corrected chi connectivity index (χ4v) is 1.98. The van der Waals surface area contributed by atoms with Gasteiger partial charge < -0.3 is 11.1 Å². The van der Waals surface area contributed by atoms with Crippen LogP contribution in [-0.2, 0) is 11.2 Å². The van der Waals surface area contributed by atoms with Gasteiger partial charge in [0.1, 0.15) is 0 Å². The topological polar surface area (TPSA) is 55.1 Å². The molecule has 2 aromatic rings. The zero-order valence-electron chi connectivity index (χ0n) is 10.6. The third-order valence-electron chi connectivity index (χ3n) is 2.95. The summed E-state index contributed by atoms with van der Waals surface area (Å²) >= 11 is 6.01. The van der Waals surface area contributed by atoms with Crippen molar-refractivity contribution < 1.29 is 4.79 Å². The highest BCUT2D eigenvalue weighted by atomic mass is 35.5. The Bertz CT molecular complexity index is 611. The number of hydrogen-bond donors (Lipinski definition) is 2. The highest BCUT2D eigenvalue weighted by Gasteiger charge is 2.09. The zero-order chi connectivity index (χ0) is 13.8. The monoisotopic (exact) mass is 274 g/mol. The lowest BCUT2D eigenvalue weighted by atomic mass is 10.1. The first-order valence-electron chi connectivity index (χ1n) is 5.96. The molecule has 0 fully saturated rings. The SMILES string of the molecule is Cc1c(Cl)cccc1NC(=O)Cc1ccccc1N. The highest BCUT2D eigenvalue weighted by molar-refractivity contribution is 6.31. The van der Waals surface area contributed by atoms with Crippen molar-refractivity contribution in [3.8, 4) is 0 Å². The Morgan fingerprint density at radius 2 is 1.95 bits per heavy atom. The van der Waals surface area contributed by atoms with Crippen molar-refractivity contribution in [3.05, 3.63) is 58.6 Å². The lowest BCUT2D eigenvalue weighted by molar-refractivity contribution is -0.115. The molecule has 3 nitrogen and oxygen atoms in total. The van der Waals surface area contributed by atoms with Crippen LogP contribution in [0.25, 0.3) is 0 Å². The van der Waals surface area contributed by atoms with Gasteiger partial charge in [-0.05, 0) is 36.2 Å². The quantitative estimate of drug-likeness (QED) is 0.843. The lowest BCUT2D eigenvalue weighted by Crippen LogP contribution is -2.16. The molecule has 0 aliphatic rings. The smallest absolute Gasteiger partial charge is 0.228 e. The third-order valence-corrected chi connectivity index (χ3v) is 3.36. The number of para-hydroxylation sites is 1. The van der Waals surface area contributed by atoms with E-state index in [9.17, 15) is 4.79 Å². The molecule has 0 aliphatic carbocycles. The maximum atomic E-state index is 12.0. The standard InChI is InChI=1S/C15H15ClN2O/c1-10-12(16)6-4-8-14(10)18-15(19)9-11-5-2-3-7-13(11)17/h2-8H,9,17H2,1H3,(H,18,19). The Morgan fingerprint density at radius 3 is 2.68 bits per heavy atom. The molecule has 98 valence electrons. The average Bonchev–Trinajstić information content (AvgIpc) is 2.38. The summed E-state index contributed by atoms with van der Waals surface area (Å²) in [5, 5.41) is 3.48. The van der Waals surface area contributed by atoms with Gasteiger partial charge in [0.15, 0.2) is 0 Å². The van der Waals surface area contributed by atoms with Crippen LogP contribution in [0.15, 0.2) is 42.5 Å². The molecule has 0 bridgehead atoms. The fourth-order valence-electron chi connectivity index (χ4n) is 1.81. The summed E-state index contributed by atoms with van der Waals surface area (Å²) in [5.41, 5.74) is 8.85. The fraction of sp³-hybridized carbons (Fsp3) is 0.133. The van der Waals surface area contributed by atoms with Gasteiger partial charge in [0.05, 0.1) is 6.42 Å². The van der Waals surface area contributed by atoms with Crippen molar-refractivity contribution in [2.24, 2.45) is 0 Å². The van der Waals surface area contributed by atoms with E-state index in [2.05, 4.69) is 5.32 Å². The molecule has 0 heterocycles. The van der Waals surface area contributed by atoms with E-state index in [-0.39, 0.29) is 12.3 Å². The molecular formula is C15H15ClN2O. The number of rotatable bonds is 3. The Morgan fingerprint density at radius 1 is 1.21 bits per heavy atom. The molecule has 4 heteroatoms. The van der Waals surface area contributed by atoms with Crippen molar-refractivity contribution in [2.45, 2.75) is 13.3 Å². The van der Waals surface area contributed by atoms with Crippen LogP contribution < -0.4 is 11.1 Å². The van der Waals surface area contributed by atoms with E-state index in [1.165, 1.54) is 0 Å². The van der Waals surface area contributed by atoms with Crippen molar-refractivity contribution in [1.82, 2.24) is 0 Å². The minimum atomic E-state index is -0.108. The van der Waals surface area contributed by atoms with Gasteiger partial charge >= 0.3 is 0 Å². The number of carbonyl (C=O) groups excluding carboxylic acids is 1. The number of nitrogens with one attached hydrogen (secondary N) is 1. The molecule has 2 aromatic carbocycles. The van der Waals surface area contributed by atoms with Gasteiger partial charge in [-0.2, -0.15) is 0 Å². The number of amides is 1. The predicted octanol–water partition coefficient (Wildman–Crippen LogP) is 3.41. The Labute approximate surface area is 117 Å². The summed E-state index contributed by atoms with van der Waals surface area (Å²) in [5.74, 6) is -0.108. The maximum Gasteiger partial charge on any atom is 0.228 e. The number of carbonyl (C=O) groups is 1. The molecule has 2 rings (SSSR count). The highest BCUT2D eigenvalue weighted by Crippen LogP contribution is 2.23. The summed E-state index contributed by atoms with van der Waals surface area (Å²) in [7, 11) is 0. The van der Waals surface area contributed by atoms with E-state index < -0.39 is 0 Å². The van der Waals surface area contributed by atoms with E-state index in [0.29, 0.717) is 10.7 Å². The summed E-state index contributed by atoms with van der Waals surface area (Å²) in [4.78, 5) is 12.0. The van der Waals surface area contributed by atoms with Gasteiger partial charge in [-0.15, -0.1) is 0 Å². The Balaban J connectivity index is 2.10. The first-order valence-corrected chi connectivity index (χ1v) is 6.34. The van der Waals surface area contributed by atoms with E-state index in [1.807, 2.05) is 37.3 Å². The first-order chi connectivity index (χ1) is 9.08. The van der Waals surface area contributed by atoms with E-state index in [1.54, 1.807) is 12.1 Å². The minimum Gasteiger partial charge on any atom is -0.398 e. The van der Waals surface area contributed by atoms with E-state index in [4.69, 9.17) is 17.3 Å². The molecule has 0 aromatic heterocycles. The van der Waals surface area contributed by atoms with Crippen molar-refractivity contribution in [1.29, 1.82) is 0 Å². The normalized spacial score (nSPS) is 10.2. The van der Waals surface area contributed by atoms with Gasteiger partial charge in [0.2, 0.25) is 5.91 Å². The van der Waals surface area contributed by atoms with Crippen LogP contribution in [0.5, 0.6) is 0 Å². The molecule has 0 saturated carbocycles. The Hall–Kier alpha value is -2.00. The second-order valence-electron chi connectivity index (χ2n) is 4.34. The van der Waals surface area contributed by atoms with Gasteiger partial charge in [-0.3, -0.25) is 4.79 Å². The summed E-state index contributed by atoms with van der Waals surface area (Å²) in [6.45, 7) is 1.87. The summed E-state index contributed by atoms with van der Waals surface area (Å²) in [6, 6.07) is 12.8. The molecule has 0 unspecified atom stereocenters. The Kier molecular flexibility index (Phi) is 4.07. The maximum absolute atomic E-state index is 12.0. The number of benzene rings is 2. The molecule has 0 aliphatic heterocycles. The second-order valence-corrected chi connectivity index (χ2v) is 4.74. The van der Waals surface area contributed by atoms with E-state index in [0.717, 1.165) is 16.8 Å². The minimum absolute atomic E-state index is 0.108. The van der Waals surface area contributed by atoms with Crippen LogP contribution in [0.1, 0.15) is 11.1 Å². The average molecular weight is 275 g/mol. The number of halogens is 1. The zero-order valence-corrected chi connectivity index (χ0v) is 11.4. The van der Waals surface area contributed by atoms with Crippen LogP contribution in [0.4, 0.5) is 11.4 Å². The van der Waals surface area contributed by atoms with Crippen molar-refractivity contribution >= 4 is 28.9 Å². The molecular weight excluding hydrogens is 260 g/mol. The molecule has 0 saturated heterocycles.